The molecule has 0 atom stereocenters. The van der Waals surface area contributed by atoms with Gasteiger partial charge in [-0.3, -0.25) is 4.98 Å². The van der Waals surface area contributed by atoms with Crippen LogP contribution >= 0.6 is 0 Å². The molecule has 0 bridgehead atoms. The number of nitrogens with one attached hydrogen (secondary N) is 1. The molecule has 0 saturated heterocycles. The third kappa shape index (κ3) is 3.75. The Morgan fingerprint density at radius 1 is 0.846 bits per heavy atom. The van der Waals surface area contributed by atoms with Crippen LogP contribution in [0.15, 0.2) is 79.6 Å². The van der Waals surface area contributed by atoms with Crippen molar-refractivity contribution >= 4 is 5.95 Å². The Hall–Kier alpha value is -3.54. The van der Waals surface area contributed by atoms with Gasteiger partial charge in [0.1, 0.15) is 0 Å². The van der Waals surface area contributed by atoms with E-state index < -0.39 is 0 Å². The number of pyridine rings is 1. The van der Waals surface area contributed by atoms with E-state index in [9.17, 15) is 0 Å². The number of imidazole rings is 1. The van der Waals surface area contributed by atoms with Crippen molar-refractivity contribution in [3.8, 4) is 11.3 Å². The molecule has 0 aliphatic carbocycles. The molecule has 0 radical (unpaired) electrons. The fourth-order valence-electron chi connectivity index (χ4n) is 2.67. The first kappa shape index (κ1) is 16.0. The Morgan fingerprint density at radius 2 is 1.65 bits per heavy atom. The Bertz CT molecular complexity index is 949. The summed E-state index contributed by atoms with van der Waals surface area (Å²) in [7, 11) is 0. The molecule has 1 N–H and O–H groups in total. The number of anilines is 1. The summed E-state index contributed by atoms with van der Waals surface area (Å²) in [6, 6.07) is 16.1. The minimum atomic E-state index is 0.581. The van der Waals surface area contributed by atoms with Crippen molar-refractivity contribution in [1.82, 2.24) is 24.5 Å². The zero-order chi connectivity index (χ0) is 17.6. The van der Waals surface area contributed by atoms with Crippen LogP contribution in [0.4, 0.5) is 5.95 Å². The third-order valence-corrected chi connectivity index (χ3v) is 4.03. The number of benzene rings is 1. The molecule has 0 saturated carbocycles. The summed E-state index contributed by atoms with van der Waals surface area (Å²) in [6.45, 7) is 1.40. The molecule has 1 aromatic carbocycles. The Morgan fingerprint density at radius 3 is 2.42 bits per heavy atom. The van der Waals surface area contributed by atoms with Gasteiger partial charge in [-0.2, -0.15) is 0 Å². The lowest BCUT2D eigenvalue weighted by atomic mass is 10.2. The van der Waals surface area contributed by atoms with Crippen LogP contribution in [-0.4, -0.2) is 24.5 Å². The quantitative estimate of drug-likeness (QED) is 0.582. The zero-order valence-corrected chi connectivity index (χ0v) is 14.2. The van der Waals surface area contributed by atoms with Crippen molar-refractivity contribution in [2.75, 3.05) is 5.32 Å². The van der Waals surface area contributed by atoms with E-state index in [1.807, 2.05) is 48.9 Å². The lowest BCUT2D eigenvalue weighted by Gasteiger charge is -2.09. The molecule has 0 amide bonds. The number of nitrogens with zero attached hydrogens (tertiary/aromatic N) is 5. The van der Waals surface area contributed by atoms with Gasteiger partial charge >= 0.3 is 0 Å². The molecule has 6 heteroatoms. The Balaban J connectivity index is 1.41. The lowest BCUT2D eigenvalue weighted by Crippen LogP contribution is -2.09. The van der Waals surface area contributed by atoms with Gasteiger partial charge in [-0.05, 0) is 17.7 Å². The van der Waals surface area contributed by atoms with Crippen LogP contribution < -0.4 is 5.32 Å². The van der Waals surface area contributed by atoms with E-state index in [-0.39, 0.29) is 0 Å². The molecule has 0 fully saturated rings. The smallest absolute Gasteiger partial charge is 0.222 e. The number of hydrogen-bond acceptors (Lipinski definition) is 5. The van der Waals surface area contributed by atoms with Gasteiger partial charge in [-0.25, -0.2) is 15.0 Å². The van der Waals surface area contributed by atoms with E-state index in [1.54, 1.807) is 18.6 Å². The molecule has 0 aliphatic rings. The Labute approximate surface area is 151 Å². The predicted molar refractivity (Wildman–Crippen MR) is 100 cm³/mol. The van der Waals surface area contributed by atoms with Gasteiger partial charge in [0.25, 0.3) is 0 Å². The molecule has 6 nitrogen and oxygen atoms in total. The average molecular weight is 342 g/mol. The summed E-state index contributed by atoms with van der Waals surface area (Å²) < 4.78 is 2.12. The highest BCUT2D eigenvalue weighted by Gasteiger charge is 2.05. The van der Waals surface area contributed by atoms with Crippen molar-refractivity contribution in [1.29, 1.82) is 0 Å². The van der Waals surface area contributed by atoms with Crippen LogP contribution in [0.1, 0.15) is 11.3 Å². The van der Waals surface area contributed by atoms with Gasteiger partial charge in [-0.15, -0.1) is 0 Å². The summed E-state index contributed by atoms with van der Waals surface area (Å²) >= 11 is 0. The van der Waals surface area contributed by atoms with Crippen LogP contribution in [0.2, 0.25) is 0 Å². The molecule has 0 aliphatic heterocycles. The number of aromatic nitrogens is 5. The first-order chi connectivity index (χ1) is 12.9. The minimum absolute atomic E-state index is 0.581. The highest BCUT2D eigenvalue weighted by atomic mass is 15.1. The van der Waals surface area contributed by atoms with Crippen molar-refractivity contribution in [2.24, 2.45) is 0 Å². The van der Waals surface area contributed by atoms with Gasteiger partial charge in [0, 0.05) is 36.9 Å². The summed E-state index contributed by atoms with van der Waals surface area (Å²) in [5, 5.41) is 3.25. The van der Waals surface area contributed by atoms with Gasteiger partial charge in [0.05, 0.1) is 24.3 Å². The minimum Gasteiger partial charge on any atom is -0.349 e. The van der Waals surface area contributed by atoms with E-state index in [2.05, 4.69) is 42.0 Å². The zero-order valence-electron chi connectivity index (χ0n) is 14.2. The van der Waals surface area contributed by atoms with E-state index in [1.165, 1.54) is 5.56 Å². The van der Waals surface area contributed by atoms with Crippen molar-refractivity contribution in [3.05, 3.63) is 90.9 Å². The van der Waals surface area contributed by atoms with Gasteiger partial charge in [-0.1, -0.05) is 36.4 Å². The lowest BCUT2D eigenvalue weighted by molar-refractivity contribution is 0.747. The molecule has 26 heavy (non-hydrogen) atoms. The molecular formula is C20H18N6. The average Bonchev–Trinajstić information content (AvgIpc) is 3.15. The van der Waals surface area contributed by atoms with E-state index in [4.69, 9.17) is 0 Å². The molecule has 128 valence electrons. The first-order valence-corrected chi connectivity index (χ1v) is 8.39. The fourth-order valence-corrected chi connectivity index (χ4v) is 2.67. The third-order valence-electron chi connectivity index (χ3n) is 4.03. The molecule has 3 heterocycles. The largest absolute Gasteiger partial charge is 0.349 e. The summed E-state index contributed by atoms with van der Waals surface area (Å²) in [6.07, 6.45) is 9.01. The van der Waals surface area contributed by atoms with E-state index in [0.29, 0.717) is 12.5 Å². The van der Waals surface area contributed by atoms with Crippen molar-refractivity contribution in [2.45, 2.75) is 13.1 Å². The highest BCUT2D eigenvalue weighted by Crippen LogP contribution is 2.15. The molecule has 4 aromatic rings. The van der Waals surface area contributed by atoms with Gasteiger partial charge in [0.15, 0.2) is 0 Å². The van der Waals surface area contributed by atoms with E-state index >= 15 is 0 Å². The number of hydrogen-bond donors (Lipinski definition) is 1. The van der Waals surface area contributed by atoms with Crippen LogP contribution in [0, 0.1) is 0 Å². The fraction of sp³-hybridized carbons (Fsp3) is 0.100. The second kappa shape index (κ2) is 7.57. The SMILES string of the molecule is c1ccc(Cn2cncc2CNc2ncc(-c3ccccn3)cn2)cc1. The van der Waals surface area contributed by atoms with Gasteiger partial charge < -0.3 is 9.88 Å². The maximum absolute atomic E-state index is 4.38. The maximum atomic E-state index is 4.38. The molecule has 4 rings (SSSR count). The number of rotatable bonds is 6. The summed E-state index contributed by atoms with van der Waals surface area (Å²) in [4.78, 5) is 17.3. The van der Waals surface area contributed by atoms with E-state index in [0.717, 1.165) is 23.5 Å². The second-order valence-corrected chi connectivity index (χ2v) is 5.86. The second-order valence-electron chi connectivity index (χ2n) is 5.86. The van der Waals surface area contributed by atoms with Gasteiger partial charge in [0.2, 0.25) is 5.95 Å². The molecule has 0 unspecified atom stereocenters. The van der Waals surface area contributed by atoms with Crippen LogP contribution in [0.3, 0.4) is 0 Å². The topological polar surface area (TPSA) is 68.5 Å². The van der Waals surface area contributed by atoms with Crippen LogP contribution in [-0.2, 0) is 13.1 Å². The maximum Gasteiger partial charge on any atom is 0.222 e. The highest BCUT2D eigenvalue weighted by molar-refractivity contribution is 5.56. The monoisotopic (exact) mass is 342 g/mol. The van der Waals surface area contributed by atoms with Crippen molar-refractivity contribution in [3.63, 3.8) is 0 Å². The van der Waals surface area contributed by atoms with Crippen LogP contribution in [0.5, 0.6) is 0 Å². The summed E-state index contributed by atoms with van der Waals surface area (Å²) in [5.74, 6) is 0.581. The first-order valence-electron chi connectivity index (χ1n) is 8.39. The Kier molecular flexibility index (Phi) is 4.64. The normalized spacial score (nSPS) is 10.6. The standard InChI is InChI=1S/C20H18N6/c1-2-6-16(7-3-1)14-26-15-21-12-18(26)13-25-20-23-10-17(11-24-20)19-8-4-5-9-22-19/h1-12,15H,13-14H2,(H,23,24,25). The summed E-state index contributed by atoms with van der Waals surface area (Å²) in [5.41, 5.74) is 4.07. The predicted octanol–water partition coefficient (Wildman–Crippen LogP) is 3.40. The van der Waals surface area contributed by atoms with Crippen molar-refractivity contribution < 1.29 is 0 Å². The molecule has 0 spiro atoms. The molecular weight excluding hydrogens is 324 g/mol. The molecule has 3 aromatic heterocycles. The van der Waals surface area contributed by atoms with Crippen LogP contribution in [0.25, 0.3) is 11.3 Å².